The standard InChI is InChI=1S/C30H29FN2/c1-22(18-23-10-8-16-27-26(19-23)15-9-17-28(27)31)21-33-30(25-13-6-3-7-14-25)20-29(32-33)24-11-4-2-5-12-24/h2-7,9,11-15,17,20,23H,1,8,10,16,18-19,21H2. The van der Waals surface area contributed by atoms with Crippen LogP contribution >= 0.6 is 0 Å². The summed E-state index contributed by atoms with van der Waals surface area (Å²) in [4.78, 5) is 0. The fraction of sp³-hybridized carbons (Fsp3) is 0.233. The van der Waals surface area contributed by atoms with Crippen molar-refractivity contribution in [2.24, 2.45) is 5.92 Å². The highest BCUT2D eigenvalue weighted by molar-refractivity contribution is 5.68. The molecule has 1 aromatic heterocycles. The summed E-state index contributed by atoms with van der Waals surface area (Å²) in [5.41, 5.74) is 7.59. The second-order valence-corrected chi connectivity index (χ2v) is 9.10. The van der Waals surface area contributed by atoms with Crippen LogP contribution in [0.15, 0.2) is 97.1 Å². The molecule has 1 aliphatic rings. The van der Waals surface area contributed by atoms with Crippen molar-refractivity contribution in [3.63, 3.8) is 0 Å². The fourth-order valence-corrected chi connectivity index (χ4v) is 5.04. The van der Waals surface area contributed by atoms with Crippen LogP contribution in [0.5, 0.6) is 0 Å². The minimum atomic E-state index is -0.0514. The highest BCUT2D eigenvalue weighted by Crippen LogP contribution is 2.31. The van der Waals surface area contributed by atoms with Gasteiger partial charge in [-0.25, -0.2) is 4.39 Å². The van der Waals surface area contributed by atoms with E-state index in [1.165, 1.54) is 11.1 Å². The molecule has 1 aliphatic carbocycles. The minimum Gasteiger partial charge on any atom is -0.260 e. The molecule has 0 N–H and O–H groups in total. The summed E-state index contributed by atoms with van der Waals surface area (Å²) in [7, 11) is 0. The van der Waals surface area contributed by atoms with Gasteiger partial charge in [-0.1, -0.05) is 84.9 Å². The predicted molar refractivity (Wildman–Crippen MR) is 133 cm³/mol. The Hall–Kier alpha value is -3.46. The number of benzene rings is 3. The summed E-state index contributed by atoms with van der Waals surface area (Å²) in [5.74, 6) is 0.439. The molecule has 166 valence electrons. The summed E-state index contributed by atoms with van der Waals surface area (Å²) >= 11 is 0. The van der Waals surface area contributed by atoms with Gasteiger partial charge in [0.1, 0.15) is 5.82 Å². The first kappa shape index (κ1) is 21.4. The quantitative estimate of drug-likeness (QED) is 0.226. The van der Waals surface area contributed by atoms with Gasteiger partial charge in [0, 0.05) is 5.56 Å². The van der Waals surface area contributed by atoms with E-state index >= 15 is 0 Å². The highest BCUT2D eigenvalue weighted by atomic mass is 19.1. The molecular weight excluding hydrogens is 407 g/mol. The Balaban J connectivity index is 1.37. The van der Waals surface area contributed by atoms with Crippen molar-refractivity contribution in [3.05, 3.63) is 114 Å². The molecule has 33 heavy (non-hydrogen) atoms. The van der Waals surface area contributed by atoms with E-state index in [0.717, 1.165) is 60.2 Å². The number of nitrogens with zero attached hydrogens (tertiary/aromatic N) is 2. The van der Waals surface area contributed by atoms with E-state index in [-0.39, 0.29) is 5.82 Å². The Morgan fingerprint density at radius 3 is 2.42 bits per heavy atom. The third-order valence-electron chi connectivity index (χ3n) is 6.63. The van der Waals surface area contributed by atoms with Crippen molar-refractivity contribution >= 4 is 0 Å². The van der Waals surface area contributed by atoms with E-state index in [4.69, 9.17) is 5.10 Å². The SMILES string of the molecule is C=C(CC1CCCc2c(F)cccc2C1)Cn1nc(-c2ccccc2)cc1-c1ccccc1. The van der Waals surface area contributed by atoms with Gasteiger partial charge in [0.25, 0.3) is 0 Å². The lowest BCUT2D eigenvalue weighted by molar-refractivity contribution is 0.464. The average Bonchev–Trinajstić information content (AvgIpc) is 3.13. The second-order valence-electron chi connectivity index (χ2n) is 9.10. The molecule has 2 nitrogen and oxygen atoms in total. The number of fused-ring (bicyclic) bond motifs is 1. The van der Waals surface area contributed by atoms with Crippen molar-refractivity contribution in [1.82, 2.24) is 9.78 Å². The molecule has 0 aliphatic heterocycles. The van der Waals surface area contributed by atoms with Crippen LogP contribution in [0.25, 0.3) is 22.5 Å². The van der Waals surface area contributed by atoms with E-state index in [9.17, 15) is 4.39 Å². The Bertz CT molecular complexity index is 1240. The first-order valence-electron chi connectivity index (χ1n) is 11.8. The van der Waals surface area contributed by atoms with Crippen LogP contribution in [-0.2, 0) is 19.4 Å². The molecule has 0 saturated carbocycles. The summed E-state index contributed by atoms with van der Waals surface area (Å²) in [6, 6.07) is 28.4. The van der Waals surface area contributed by atoms with Gasteiger partial charge in [0.05, 0.1) is 17.9 Å². The zero-order chi connectivity index (χ0) is 22.6. The number of allylic oxidation sites excluding steroid dienone is 1. The maximum atomic E-state index is 14.2. The van der Waals surface area contributed by atoms with Crippen LogP contribution in [0, 0.1) is 11.7 Å². The Morgan fingerprint density at radius 1 is 0.939 bits per heavy atom. The molecule has 3 heteroatoms. The van der Waals surface area contributed by atoms with Gasteiger partial charge < -0.3 is 0 Å². The summed E-state index contributed by atoms with van der Waals surface area (Å²) in [6.45, 7) is 5.11. The monoisotopic (exact) mass is 436 g/mol. The fourth-order valence-electron chi connectivity index (χ4n) is 5.04. The van der Waals surface area contributed by atoms with Crippen molar-refractivity contribution in [3.8, 4) is 22.5 Å². The Morgan fingerprint density at radius 2 is 1.67 bits per heavy atom. The van der Waals surface area contributed by atoms with Crippen LogP contribution in [0.2, 0.25) is 0 Å². The molecular formula is C30H29FN2. The third kappa shape index (κ3) is 4.83. The lowest BCUT2D eigenvalue weighted by Crippen LogP contribution is -2.10. The van der Waals surface area contributed by atoms with E-state index in [0.29, 0.717) is 12.5 Å². The van der Waals surface area contributed by atoms with E-state index in [1.54, 1.807) is 6.07 Å². The highest BCUT2D eigenvalue weighted by Gasteiger charge is 2.20. The van der Waals surface area contributed by atoms with Crippen molar-refractivity contribution < 1.29 is 4.39 Å². The zero-order valence-electron chi connectivity index (χ0n) is 18.9. The van der Waals surface area contributed by atoms with Gasteiger partial charge in [-0.05, 0) is 66.8 Å². The Labute approximate surface area is 195 Å². The molecule has 0 spiro atoms. The number of hydrogen-bond donors (Lipinski definition) is 0. The van der Waals surface area contributed by atoms with Gasteiger partial charge >= 0.3 is 0 Å². The van der Waals surface area contributed by atoms with Crippen LogP contribution in [-0.4, -0.2) is 9.78 Å². The first-order chi connectivity index (χ1) is 16.2. The lowest BCUT2D eigenvalue weighted by atomic mass is 9.91. The van der Waals surface area contributed by atoms with Gasteiger partial charge in [0.2, 0.25) is 0 Å². The third-order valence-corrected chi connectivity index (χ3v) is 6.63. The topological polar surface area (TPSA) is 17.8 Å². The van der Waals surface area contributed by atoms with Gasteiger partial charge in [-0.3, -0.25) is 4.68 Å². The normalized spacial score (nSPS) is 15.6. The molecule has 4 aromatic rings. The lowest BCUT2D eigenvalue weighted by Gasteiger charge is -2.17. The van der Waals surface area contributed by atoms with E-state index in [2.05, 4.69) is 59.8 Å². The molecule has 3 aromatic carbocycles. The van der Waals surface area contributed by atoms with Gasteiger partial charge in [-0.15, -0.1) is 0 Å². The molecule has 0 amide bonds. The van der Waals surface area contributed by atoms with E-state index in [1.807, 2.05) is 30.3 Å². The van der Waals surface area contributed by atoms with Crippen molar-refractivity contribution in [2.75, 3.05) is 0 Å². The molecule has 1 atom stereocenters. The summed E-state index contributed by atoms with van der Waals surface area (Å²) < 4.78 is 16.3. The zero-order valence-corrected chi connectivity index (χ0v) is 18.9. The van der Waals surface area contributed by atoms with Crippen molar-refractivity contribution in [2.45, 2.75) is 38.6 Å². The number of halogens is 1. The largest absolute Gasteiger partial charge is 0.260 e. The number of hydrogen-bond acceptors (Lipinski definition) is 1. The molecule has 0 fully saturated rings. The van der Waals surface area contributed by atoms with Crippen LogP contribution in [0.3, 0.4) is 0 Å². The second kappa shape index (κ2) is 9.58. The minimum absolute atomic E-state index is 0.0514. The molecule has 5 rings (SSSR count). The molecule has 0 bridgehead atoms. The maximum Gasteiger partial charge on any atom is 0.126 e. The molecule has 0 radical (unpaired) electrons. The van der Waals surface area contributed by atoms with Crippen LogP contribution in [0.1, 0.15) is 30.4 Å². The van der Waals surface area contributed by atoms with Gasteiger partial charge in [0.15, 0.2) is 0 Å². The summed E-state index contributed by atoms with van der Waals surface area (Å²) in [6.07, 6.45) is 4.83. The Kier molecular flexibility index (Phi) is 6.21. The van der Waals surface area contributed by atoms with Crippen LogP contribution in [0.4, 0.5) is 4.39 Å². The predicted octanol–water partition coefficient (Wildman–Crippen LogP) is 7.50. The first-order valence-corrected chi connectivity index (χ1v) is 11.8. The van der Waals surface area contributed by atoms with E-state index < -0.39 is 0 Å². The smallest absolute Gasteiger partial charge is 0.126 e. The molecule has 1 heterocycles. The average molecular weight is 437 g/mol. The molecule has 0 saturated heterocycles. The number of aromatic nitrogens is 2. The van der Waals surface area contributed by atoms with Gasteiger partial charge in [-0.2, -0.15) is 5.10 Å². The maximum absolute atomic E-state index is 14.2. The number of rotatable bonds is 6. The molecule has 1 unspecified atom stereocenters. The summed E-state index contributed by atoms with van der Waals surface area (Å²) in [5, 5.41) is 4.96. The van der Waals surface area contributed by atoms with Crippen molar-refractivity contribution in [1.29, 1.82) is 0 Å². The van der Waals surface area contributed by atoms with Crippen LogP contribution < -0.4 is 0 Å².